The summed E-state index contributed by atoms with van der Waals surface area (Å²) in [5.41, 5.74) is 0.581. The summed E-state index contributed by atoms with van der Waals surface area (Å²) in [6.07, 6.45) is 0.683. The lowest BCUT2D eigenvalue weighted by molar-refractivity contribution is -0.118. The summed E-state index contributed by atoms with van der Waals surface area (Å²) in [5.74, 6) is -0.0797. The minimum absolute atomic E-state index is 0.0535. The summed E-state index contributed by atoms with van der Waals surface area (Å²) in [4.78, 5) is 12.3. The molecule has 1 saturated heterocycles. The van der Waals surface area contributed by atoms with Gasteiger partial charge in [-0.1, -0.05) is 6.92 Å². The van der Waals surface area contributed by atoms with Crippen molar-refractivity contribution >= 4 is 21.4 Å². The van der Waals surface area contributed by atoms with Crippen molar-refractivity contribution in [3.05, 3.63) is 24.3 Å². The van der Waals surface area contributed by atoms with Crippen LogP contribution in [0.4, 0.5) is 5.69 Å². The molecule has 6 nitrogen and oxygen atoms in total. The maximum atomic E-state index is 12.1. The molecule has 21 heavy (non-hydrogen) atoms. The fourth-order valence-corrected chi connectivity index (χ4v) is 3.11. The summed E-state index contributed by atoms with van der Waals surface area (Å²) >= 11 is 0. The van der Waals surface area contributed by atoms with Gasteiger partial charge in [0.1, 0.15) is 0 Å². The van der Waals surface area contributed by atoms with Crippen LogP contribution < -0.4 is 10.6 Å². The first-order valence-electron chi connectivity index (χ1n) is 6.86. The van der Waals surface area contributed by atoms with E-state index in [1.165, 1.54) is 12.1 Å². The first kappa shape index (κ1) is 15.9. The van der Waals surface area contributed by atoms with E-state index in [9.17, 15) is 13.2 Å². The molecule has 2 N–H and O–H groups in total. The molecule has 2 atom stereocenters. The van der Waals surface area contributed by atoms with Crippen molar-refractivity contribution in [3.63, 3.8) is 0 Å². The molecule has 0 bridgehead atoms. The van der Waals surface area contributed by atoms with Crippen molar-refractivity contribution in [1.29, 1.82) is 0 Å². The molecule has 1 aliphatic rings. The van der Waals surface area contributed by atoms with Gasteiger partial charge in [-0.2, -0.15) is 0 Å². The number of anilines is 1. The molecular formula is C14H20N2O4S. The van der Waals surface area contributed by atoms with Crippen molar-refractivity contribution in [2.24, 2.45) is 0 Å². The van der Waals surface area contributed by atoms with E-state index < -0.39 is 9.84 Å². The Labute approximate surface area is 124 Å². The molecule has 0 aliphatic carbocycles. The van der Waals surface area contributed by atoms with Crippen LogP contribution in [0.15, 0.2) is 29.2 Å². The zero-order valence-corrected chi connectivity index (χ0v) is 12.9. The highest BCUT2D eigenvalue weighted by Crippen LogP contribution is 2.17. The Bertz CT molecular complexity index is 598. The molecule has 1 amide bonds. The monoisotopic (exact) mass is 312 g/mol. The lowest BCUT2D eigenvalue weighted by Crippen LogP contribution is -2.35. The minimum Gasteiger partial charge on any atom is -0.380 e. The molecule has 0 saturated carbocycles. The van der Waals surface area contributed by atoms with Crippen LogP contribution in [0.5, 0.6) is 0 Å². The smallest absolute Gasteiger partial charge is 0.241 e. The molecule has 1 aromatic carbocycles. The van der Waals surface area contributed by atoms with Crippen LogP contribution in [0.3, 0.4) is 0 Å². The number of benzene rings is 1. The molecule has 1 aliphatic heterocycles. The van der Waals surface area contributed by atoms with Crippen LogP contribution in [0, 0.1) is 0 Å². The maximum Gasteiger partial charge on any atom is 0.241 e. The summed E-state index contributed by atoms with van der Waals surface area (Å²) in [5, 5.41) is 5.86. The number of amides is 1. The number of sulfone groups is 1. The van der Waals surface area contributed by atoms with Gasteiger partial charge in [-0.25, -0.2) is 8.42 Å². The number of nitrogens with one attached hydrogen (secondary N) is 2. The third-order valence-electron chi connectivity index (χ3n) is 3.60. The summed E-state index contributed by atoms with van der Waals surface area (Å²) in [6.45, 7) is 2.26. The maximum absolute atomic E-state index is 12.1. The molecule has 116 valence electrons. The average molecular weight is 312 g/mol. The van der Waals surface area contributed by atoms with Crippen LogP contribution in [0.2, 0.25) is 0 Å². The van der Waals surface area contributed by atoms with E-state index in [1.807, 2.05) is 0 Å². The zero-order valence-electron chi connectivity index (χ0n) is 12.1. The lowest BCUT2D eigenvalue weighted by Gasteiger charge is -2.11. The Morgan fingerprint density at radius 2 is 2.05 bits per heavy atom. The second-order valence-corrected chi connectivity index (χ2v) is 7.25. The second kappa shape index (κ2) is 6.55. The minimum atomic E-state index is -3.21. The van der Waals surface area contributed by atoms with E-state index in [2.05, 4.69) is 10.6 Å². The third-order valence-corrected chi connectivity index (χ3v) is 5.35. The Morgan fingerprint density at radius 3 is 2.57 bits per heavy atom. The Balaban J connectivity index is 1.99. The van der Waals surface area contributed by atoms with Gasteiger partial charge in [-0.05, 0) is 30.7 Å². The van der Waals surface area contributed by atoms with Crippen LogP contribution >= 0.6 is 0 Å². The highest BCUT2D eigenvalue weighted by Gasteiger charge is 2.29. The number of ether oxygens (including phenoxy) is 1. The molecule has 1 aromatic rings. The summed E-state index contributed by atoms with van der Waals surface area (Å²) in [6, 6.07) is 5.93. The van der Waals surface area contributed by atoms with Crippen molar-refractivity contribution in [3.8, 4) is 0 Å². The summed E-state index contributed by atoms with van der Waals surface area (Å²) in [7, 11) is -1.59. The van der Waals surface area contributed by atoms with Gasteiger partial charge in [0.2, 0.25) is 5.91 Å². The van der Waals surface area contributed by atoms with Gasteiger partial charge in [0.15, 0.2) is 9.84 Å². The predicted octanol–water partition coefficient (Wildman–Crippen LogP) is 0.796. The van der Waals surface area contributed by atoms with Crippen LogP contribution in [0.25, 0.3) is 0 Å². The Morgan fingerprint density at radius 1 is 1.38 bits per heavy atom. The molecule has 2 rings (SSSR count). The van der Waals surface area contributed by atoms with Crippen molar-refractivity contribution in [2.75, 3.05) is 24.7 Å². The fraction of sp³-hybridized carbons (Fsp3) is 0.500. The largest absolute Gasteiger partial charge is 0.380 e. The van der Waals surface area contributed by atoms with E-state index >= 15 is 0 Å². The number of carbonyl (C=O) groups excluding carboxylic acids is 1. The highest BCUT2D eigenvalue weighted by molar-refractivity contribution is 7.91. The highest BCUT2D eigenvalue weighted by atomic mass is 32.2. The number of rotatable bonds is 5. The fourth-order valence-electron chi connectivity index (χ4n) is 2.22. The van der Waals surface area contributed by atoms with Crippen LogP contribution in [0.1, 0.15) is 13.3 Å². The van der Waals surface area contributed by atoms with E-state index in [4.69, 9.17) is 4.74 Å². The Kier molecular flexibility index (Phi) is 4.97. The quantitative estimate of drug-likeness (QED) is 0.840. The van der Waals surface area contributed by atoms with Gasteiger partial charge >= 0.3 is 0 Å². The zero-order chi connectivity index (χ0) is 15.5. The molecule has 7 heteroatoms. The first-order chi connectivity index (χ1) is 9.96. The van der Waals surface area contributed by atoms with Crippen molar-refractivity contribution in [1.82, 2.24) is 5.32 Å². The van der Waals surface area contributed by atoms with Gasteiger partial charge in [0.25, 0.3) is 0 Å². The lowest BCUT2D eigenvalue weighted by atomic mass is 10.2. The molecule has 0 aromatic heterocycles. The normalized spacial score (nSPS) is 22.2. The number of hydrogen-bond donors (Lipinski definition) is 2. The topological polar surface area (TPSA) is 84.5 Å². The van der Waals surface area contributed by atoms with Crippen molar-refractivity contribution < 1.29 is 17.9 Å². The predicted molar refractivity (Wildman–Crippen MR) is 80.0 cm³/mol. The van der Waals surface area contributed by atoms with Gasteiger partial charge in [-0.15, -0.1) is 0 Å². The molecular weight excluding hydrogens is 292 g/mol. The number of hydrogen-bond acceptors (Lipinski definition) is 5. The standard InChI is InChI=1S/C14H20N2O4S/c1-3-21(18,19)12-6-4-10(5-7-12)16-14(17)13-8-11(20-2)9-15-13/h4-7,11,13,15H,3,8-9H2,1-2H3,(H,16,17). The number of carbonyl (C=O) groups is 1. The van der Waals surface area contributed by atoms with E-state index in [1.54, 1.807) is 26.2 Å². The first-order valence-corrected chi connectivity index (χ1v) is 8.51. The average Bonchev–Trinajstić information content (AvgIpc) is 2.97. The van der Waals surface area contributed by atoms with Crippen molar-refractivity contribution in [2.45, 2.75) is 30.4 Å². The molecule has 1 fully saturated rings. The second-order valence-electron chi connectivity index (χ2n) is 4.97. The molecule has 0 spiro atoms. The van der Waals surface area contributed by atoms with E-state index in [0.29, 0.717) is 18.7 Å². The number of methoxy groups -OCH3 is 1. The third kappa shape index (κ3) is 3.81. The molecule has 1 heterocycles. The Hall–Kier alpha value is -1.44. The van der Waals surface area contributed by atoms with Gasteiger partial charge in [0.05, 0.1) is 22.8 Å². The van der Waals surface area contributed by atoms with Gasteiger partial charge < -0.3 is 15.4 Å². The van der Waals surface area contributed by atoms with E-state index in [-0.39, 0.29) is 28.7 Å². The van der Waals surface area contributed by atoms with Gasteiger partial charge in [0, 0.05) is 19.3 Å². The SMILES string of the molecule is CCS(=O)(=O)c1ccc(NC(=O)C2CC(OC)CN2)cc1. The van der Waals surface area contributed by atoms with E-state index in [0.717, 1.165) is 0 Å². The molecule has 0 radical (unpaired) electrons. The van der Waals surface area contributed by atoms with Crippen LogP contribution in [-0.4, -0.2) is 45.9 Å². The molecule has 2 unspecified atom stereocenters. The summed E-state index contributed by atoms with van der Waals surface area (Å²) < 4.78 is 28.6. The van der Waals surface area contributed by atoms with Crippen LogP contribution in [-0.2, 0) is 19.4 Å². The van der Waals surface area contributed by atoms with Gasteiger partial charge in [-0.3, -0.25) is 4.79 Å².